The van der Waals surface area contributed by atoms with Crippen LogP contribution in [-0.2, 0) is 6.54 Å². The van der Waals surface area contributed by atoms with Crippen LogP contribution in [0.15, 0.2) is 30.3 Å². The van der Waals surface area contributed by atoms with Crippen LogP contribution in [0.4, 0.5) is 38.2 Å². The molecule has 0 fully saturated rings. The number of nitrogens with zero attached hydrogens (tertiary/aromatic N) is 3. The normalized spacial score (nSPS) is 12.2. The molecule has 2 aromatic rings. The number of anilines is 2. The topological polar surface area (TPSA) is 72.0 Å². The molecule has 12 heteroatoms. The first-order chi connectivity index (χ1) is 12.1. The highest BCUT2D eigenvalue weighted by Crippen LogP contribution is 2.35. The second-order valence-corrected chi connectivity index (χ2v) is 4.94. The predicted molar refractivity (Wildman–Crippen MR) is 79.7 cm³/mol. The van der Waals surface area contributed by atoms with Gasteiger partial charge in [0.25, 0.3) is 6.10 Å². The molecule has 0 spiro atoms. The van der Waals surface area contributed by atoms with E-state index in [4.69, 9.17) is 0 Å². The van der Waals surface area contributed by atoms with Crippen LogP contribution < -0.4 is 15.4 Å². The molecule has 0 unspecified atom stereocenters. The summed E-state index contributed by atoms with van der Waals surface area (Å²) in [5.41, 5.74) is 0.796. The molecule has 26 heavy (non-hydrogen) atoms. The maximum absolute atomic E-state index is 12.6. The van der Waals surface area contributed by atoms with E-state index in [1.165, 1.54) is 7.05 Å². The first-order valence-electron chi connectivity index (χ1n) is 7.11. The van der Waals surface area contributed by atoms with Crippen molar-refractivity contribution in [1.82, 2.24) is 15.0 Å². The van der Waals surface area contributed by atoms with Gasteiger partial charge < -0.3 is 15.4 Å². The highest BCUT2D eigenvalue weighted by Gasteiger charge is 2.59. The van der Waals surface area contributed by atoms with Gasteiger partial charge >= 0.3 is 18.4 Å². The SMILES string of the molecule is CNc1nc(NCc2ccccc2)nc(OC(C(F)(F)F)C(F)(F)F)n1. The largest absolute Gasteiger partial charge is 0.440 e. The molecule has 0 aliphatic carbocycles. The summed E-state index contributed by atoms with van der Waals surface area (Å²) >= 11 is 0. The van der Waals surface area contributed by atoms with Crippen LogP contribution in [0.1, 0.15) is 5.56 Å². The maximum atomic E-state index is 12.6. The summed E-state index contributed by atoms with van der Waals surface area (Å²) in [5.74, 6) is -0.500. The van der Waals surface area contributed by atoms with Crippen LogP contribution in [0, 0.1) is 0 Å². The molecule has 2 rings (SSSR count). The third-order valence-electron chi connectivity index (χ3n) is 2.95. The average Bonchev–Trinajstić information content (AvgIpc) is 2.56. The smallest absolute Gasteiger partial charge is 0.434 e. The van der Waals surface area contributed by atoms with Crippen molar-refractivity contribution in [3.05, 3.63) is 35.9 Å². The standard InChI is InChI=1S/C14H13F6N5O/c1-21-10-23-11(22-7-8-5-3-2-4-6-8)25-12(24-10)26-9(13(15,16)17)14(18,19)20/h2-6,9H,7H2,1H3,(H2,21,22,23,24,25). The molecular formula is C14H13F6N5O. The Hall–Kier alpha value is -2.79. The van der Waals surface area contributed by atoms with Crippen LogP contribution in [0.3, 0.4) is 0 Å². The molecule has 2 N–H and O–H groups in total. The van der Waals surface area contributed by atoms with Gasteiger partial charge in [0, 0.05) is 13.6 Å². The molecule has 0 saturated carbocycles. The number of ether oxygens (including phenoxy) is 1. The van der Waals surface area contributed by atoms with Crippen molar-refractivity contribution in [2.75, 3.05) is 17.7 Å². The Kier molecular flexibility index (Phi) is 5.73. The van der Waals surface area contributed by atoms with Crippen molar-refractivity contribution in [1.29, 1.82) is 0 Å². The number of nitrogens with one attached hydrogen (secondary N) is 2. The number of hydrogen-bond donors (Lipinski definition) is 2. The van der Waals surface area contributed by atoms with E-state index in [9.17, 15) is 26.3 Å². The van der Waals surface area contributed by atoms with E-state index in [2.05, 4.69) is 30.3 Å². The summed E-state index contributed by atoms with van der Waals surface area (Å²) < 4.78 is 79.6. The molecule has 1 heterocycles. The fourth-order valence-electron chi connectivity index (χ4n) is 1.80. The molecule has 0 aliphatic heterocycles. The van der Waals surface area contributed by atoms with Gasteiger partial charge in [0.05, 0.1) is 0 Å². The van der Waals surface area contributed by atoms with Gasteiger partial charge in [0.15, 0.2) is 0 Å². The molecular weight excluding hydrogens is 368 g/mol. The Morgan fingerprint density at radius 2 is 1.50 bits per heavy atom. The van der Waals surface area contributed by atoms with E-state index in [-0.39, 0.29) is 18.4 Å². The highest BCUT2D eigenvalue weighted by atomic mass is 19.4. The zero-order valence-electron chi connectivity index (χ0n) is 13.2. The fraction of sp³-hybridized carbons (Fsp3) is 0.357. The zero-order valence-corrected chi connectivity index (χ0v) is 13.2. The Balaban J connectivity index is 2.22. The third kappa shape index (κ3) is 5.36. The van der Waals surface area contributed by atoms with E-state index in [0.29, 0.717) is 0 Å². The van der Waals surface area contributed by atoms with Gasteiger partial charge in [0.1, 0.15) is 0 Å². The Bertz CT molecular complexity index is 708. The van der Waals surface area contributed by atoms with E-state index in [1.807, 2.05) is 0 Å². The average molecular weight is 381 g/mol. The summed E-state index contributed by atoms with van der Waals surface area (Å²) in [6.45, 7) is 0.190. The van der Waals surface area contributed by atoms with Crippen molar-refractivity contribution >= 4 is 11.9 Å². The summed E-state index contributed by atoms with van der Waals surface area (Å²) in [7, 11) is 1.34. The summed E-state index contributed by atoms with van der Waals surface area (Å²) in [6, 6.07) is 7.71. The van der Waals surface area contributed by atoms with Gasteiger partial charge in [-0.05, 0) is 5.56 Å². The minimum atomic E-state index is -5.68. The Labute approximate surface area is 143 Å². The van der Waals surface area contributed by atoms with Crippen molar-refractivity contribution in [2.24, 2.45) is 0 Å². The van der Waals surface area contributed by atoms with Crippen LogP contribution >= 0.6 is 0 Å². The quantitative estimate of drug-likeness (QED) is 0.748. The minimum Gasteiger partial charge on any atom is -0.440 e. The first-order valence-corrected chi connectivity index (χ1v) is 7.11. The molecule has 0 bridgehead atoms. The van der Waals surface area contributed by atoms with Crippen LogP contribution in [0.2, 0.25) is 0 Å². The van der Waals surface area contributed by atoms with E-state index >= 15 is 0 Å². The van der Waals surface area contributed by atoms with Crippen molar-refractivity contribution in [3.63, 3.8) is 0 Å². The number of alkyl halides is 6. The molecule has 0 aliphatic rings. The number of benzene rings is 1. The van der Waals surface area contributed by atoms with Crippen molar-refractivity contribution < 1.29 is 31.1 Å². The van der Waals surface area contributed by atoms with Gasteiger partial charge in [-0.25, -0.2) is 0 Å². The molecule has 0 atom stereocenters. The van der Waals surface area contributed by atoms with Crippen molar-refractivity contribution in [2.45, 2.75) is 25.0 Å². The van der Waals surface area contributed by atoms with Gasteiger partial charge in [0.2, 0.25) is 11.9 Å². The highest BCUT2D eigenvalue weighted by molar-refractivity contribution is 5.36. The number of aromatic nitrogens is 3. The lowest BCUT2D eigenvalue weighted by molar-refractivity contribution is -0.301. The van der Waals surface area contributed by atoms with Crippen LogP contribution in [0.5, 0.6) is 6.01 Å². The number of rotatable bonds is 6. The van der Waals surface area contributed by atoms with E-state index in [1.54, 1.807) is 30.3 Å². The Morgan fingerprint density at radius 1 is 0.923 bits per heavy atom. The van der Waals surface area contributed by atoms with Gasteiger partial charge in [-0.3, -0.25) is 0 Å². The lowest BCUT2D eigenvalue weighted by Crippen LogP contribution is -2.47. The van der Waals surface area contributed by atoms with Crippen molar-refractivity contribution in [3.8, 4) is 6.01 Å². The second kappa shape index (κ2) is 7.62. The summed E-state index contributed by atoms with van der Waals surface area (Å²) in [6.07, 6.45) is -15.4. The monoisotopic (exact) mass is 381 g/mol. The third-order valence-corrected chi connectivity index (χ3v) is 2.95. The second-order valence-electron chi connectivity index (χ2n) is 4.94. The van der Waals surface area contributed by atoms with E-state index < -0.39 is 24.5 Å². The zero-order chi connectivity index (χ0) is 19.4. The molecule has 6 nitrogen and oxygen atoms in total. The van der Waals surface area contributed by atoms with Gasteiger partial charge in [-0.1, -0.05) is 30.3 Å². The summed E-state index contributed by atoms with van der Waals surface area (Å²) in [4.78, 5) is 10.7. The van der Waals surface area contributed by atoms with Crippen LogP contribution in [-0.4, -0.2) is 40.5 Å². The number of halogens is 6. The molecule has 1 aromatic heterocycles. The van der Waals surface area contributed by atoms with Gasteiger partial charge in [-0.15, -0.1) is 0 Å². The Morgan fingerprint density at radius 3 is 2.04 bits per heavy atom. The molecule has 1 aromatic carbocycles. The van der Waals surface area contributed by atoms with Gasteiger partial charge in [-0.2, -0.15) is 41.3 Å². The molecule has 142 valence electrons. The molecule has 0 amide bonds. The fourth-order valence-corrected chi connectivity index (χ4v) is 1.80. The predicted octanol–water partition coefficient (Wildman–Crippen LogP) is 3.40. The van der Waals surface area contributed by atoms with Crippen LogP contribution in [0.25, 0.3) is 0 Å². The first kappa shape index (κ1) is 19.5. The number of hydrogen-bond acceptors (Lipinski definition) is 6. The lowest BCUT2D eigenvalue weighted by Gasteiger charge is -2.22. The lowest BCUT2D eigenvalue weighted by atomic mass is 10.2. The minimum absolute atomic E-state index is 0.190. The maximum Gasteiger partial charge on any atom is 0.434 e. The van der Waals surface area contributed by atoms with E-state index in [0.717, 1.165) is 5.56 Å². The molecule has 0 radical (unpaired) electrons. The summed E-state index contributed by atoms with van der Waals surface area (Å²) in [5, 5.41) is 5.09. The molecule has 0 saturated heterocycles.